The molecule has 4 unspecified atom stereocenters. The summed E-state index contributed by atoms with van der Waals surface area (Å²) in [6.45, 7) is 16.0. The Labute approximate surface area is 137 Å². The summed E-state index contributed by atoms with van der Waals surface area (Å²) in [6, 6.07) is 1.65. The number of aliphatic hydroxyl groups excluding tert-OH is 4. The Bertz CT molecular complexity index is 618. The molecule has 0 saturated carbocycles. The lowest BCUT2D eigenvalue weighted by Gasteiger charge is -2.27. The zero-order valence-corrected chi connectivity index (χ0v) is 13.3. The summed E-state index contributed by atoms with van der Waals surface area (Å²) in [6.07, 6.45) is 0.872. The molecule has 4 atom stereocenters. The fourth-order valence-corrected chi connectivity index (χ4v) is 2.67. The van der Waals surface area contributed by atoms with Crippen LogP contribution in [-0.2, 0) is 0 Å². The van der Waals surface area contributed by atoms with Crippen LogP contribution in [0.2, 0.25) is 0 Å². The van der Waals surface area contributed by atoms with E-state index in [0.29, 0.717) is 16.7 Å². The van der Waals surface area contributed by atoms with Crippen molar-refractivity contribution in [1.29, 1.82) is 0 Å². The van der Waals surface area contributed by atoms with Gasteiger partial charge in [-0.15, -0.1) is 26.3 Å². The van der Waals surface area contributed by atoms with Gasteiger partial charge in [0, 0.05) is 0 Å². The zero-order chi connectivity index (χ0) is 17.7. The molecule has 0 saturated heterocycles. The molecular formula is C19H24O4. The molecule has 0 radical (unpaired) electrons. The van der Waals surface area contributed by atoms with Gasteiger partial charge < -0.3 is 20.4 Å². The van der Waals surface area contributed by atoms with Crippen molar-refractivity contribution in [3.8, 4) is 0 Å². The molecule has 23 heavy (non-hydrogen) atoms. The van der Waals surface area contributed by atoms with Gasteiger partial charge in [0.1, 0.15) is 0 Å². The Morgan fingerprint density at radius 1 is 0.696 bits per heavy atom. The molecular weight excluding hydrogens is 292 g/mol. The van der Waals surface area contributed by atoms with Crippen LogP contribution in [0, 0.1) is 6.92 Å². The third-order valence-corrected chi connectivity index (χ3v) is 3.79. The molecule has 0 heterocycles. The first-order chi connectivity index (χ1) is 10.8. The van der Waals surface area contributed by atoms with Crippen LogP contribution in [0.5, 0.6) is 0 Å². The normalized spacial score (nSPS) is 16.0. The second kappa shape index (κ2) is 8.04. The maximum absolute atomic E-state index is 10.4. The van der Waals surface area contributed by atoms with Crippen LogP contribution in [-0.4, -0.2) is 20.4 Å². The van der Waals surface area contributed by atoms with Crippen LogP contribution in [0.3, 0.4) is 0 Å². The molecule has 1 aromatic rings. The van der Waals surface area contributed by atoms with Gasteiger partial charge in [-0.25, -0.2) is 0 Å². The molecule has 0 bridgehead atoms. The summed E-state index contributed by atoms with van der Waals surface area (Å²) in [7, 11) is 0. The molecule has 4 nitrogen and oxygen atoms in total. The van der Waals surface area contributed by atoms with Gasteiger partial charge in [-0.05, 0) is 34.7 Å². The fourth-order valence-electron chi connectivity index (χ4n) is 2.67. The maximum atomic E-state index is 10.4. The third-order valence-electron chi connectivity index (χ3n) is 3.79. The van der Waals surface area contributed by atoms with Gasteiger partial charge >= 0.3 is 0 Å². The molecule has 1 rings (SSSR count). The van der Waals surface area contributed by atoms with Crippen LogP contribution in [0.1, 0.15) is 52.2 Å². The van der Waals surface area contributed by atoms with E-state index in [0.717, 1.165) is 0 Å². The van der Waals surface area contributed by atoms with Crippen molar-refractivity contribution in [3.05, 3.63) is 84.5 Å². The Morgan fingerprint density at radius 2 is 1.09 bits per heavy atom. The van der Waals surface area contributed by atoms with Gasteiger partial charge in [0.15, 0.2) is 0 Å². The largest absolute Gasteiger partial charge is 0.384 e. The number of aryl methyl sites for hydroxylation is 1. The smallest absolute Gasteiger partial charge is 0.0976 e. The van der Waals surface area contributed by atoms with Crippen molar-refractivity contribution in [2.45, 2.75) is 31.3 Å². The minimum absolute atomic E-state index is 0.279. The van der Waals surface area contributed by atoms with Crippen molar-refractivity contribution in [1.82, 2.24) is 0 Å². The second-order valence-electron chi connectivity index (χ2n) is 5.25. The van der Waals surface area contributed by atoms with E-state index in [-0.39, 0.29) is 11.1 Å². The van der Waals surface area contributed by atoms with Crippen LogP contribution in [0.15, 0.2) is 56.7 Å². The summed E-state index contributed by atoms with van der Waals surface area (Å²) >= 11 is 0. The van der Waals surface area contributed by atoms with Crippen molar-refractivity contribution in [2.75, 3.05) is 0 Å². The van der Waals surface area contributed by atoms with Crippen molar-refractivity contribution < 1.29 is 20.4 Å². The minimum atomic E-state index is -1.14. The van der Waals surface area contributed by atoms with E-state index < -0.39 is 24.4 Å². The van der Waals surface area contributed by atoms with Gasteiger partial charge in [-0.3, -0.25) is 0 Å². The molecule has 0 fully saturated rings. The van der Waals surface area contributed by atoms with Crippen LogP contribution in [0.25, 0.3) is 0 Å². The molecule has 0 aliphatic heterocycles. The maximum Gasteiger partial charge on any atom is 0.0976 e. The number of rotatable bonds is 8. The fraction of sp³-hybridized carbons (Fsp3) is 0.263. The van der Waals surface area contributed by atoms with E-state index in [2.05, 4.69) is 26.3 Å². The van der Waals surface area contributed by atoms with Gasteiger partial charge in [-0.2, -0.15) is 0 Å². The Kier molecular flexibility index (Phi) is 6.66. The number of hydrogen-bond acceptors (Lipinski definition) is 4. The highest BCUT2D eigenvalue weighted by Crippen LogP contribution is 2.39. The number of aliphatic hydroxyl groups is 4. The van der Waals surface area contributed by atoms with Crippen LogP contribution >= 0.6 is 0 Å². The third kappa shape index (κ3) is 3.68. The second-order valence-corrected chi connectivity index (χ2v) is 5.25. The summed E-state index contributed by atoms with van der Waals surface area (Å²) in [5.41, 5.74) is 2.02. The van der Waals surface area contributed by atoms with Crippen LogP contribution in [0.4, 0.5) is 0 Å². The average Bonchev–Trinajstić information content (AvgIpc) is 2.57. The lowest BCUT2D eigenvalue weighted by Crippen LogP contribution is -2.16. The van der Waals surface area contributed by atoms with E-state index >= 15 is 0 Å². The summed E-state index contributed by atoms with van der Waals surface area (Å²) in [4.78, 5) is 0. The lowest BCUT2D eigenvalue weighted by atomic mass is 9.82. The average molecular weight is 316 g/mol. The predicted octanol–water partition coefficient (Wildman–Crippen LogP) is 2.87. The van der Waals surface area contributed by atoms with E-state index in [1.54, 1.807) is 13.0 Å². The molecule has 1 aromatic carbocycles. The first-order valence-corrected chi connectivity index (χ1v) is 7.23. The Morgan fingerprint density at radius 3 is 1.52 bits per heavy atom. The Balaban J connectivity index is 3.96. The molecule has 0 aromatic heterocycles. The summed E-state index contributed by atoms with van der Waals surface area (Å²) in [5, 5.41) is 41.1. The van der Waals surface area contributed by atoms with Crippen molar-refractivity contribution in [3.63, 3.8) is 0 Å². The van der Waals surface area contributed by atoms with Crippen LogP contribution < -0.4 is 0 Å². The quantitative estimate of drug-likeness (QED) is 0.556. The highest BCUT2D eigenvalue weighted by atomic mass is 16.3. The number of benzene rings is 1. The minimum Gasteiger partial charge on any atom is -0.384 e. The first kappa shape index (κ1) is 19.1. The molecule has 4 N–H and O–H groups in total. The van der Waals surface area contributed by atoms with E-state index in [4.69, 9.17) is 0 Å². The Hall–Kier alpha value is -1.98. The molecule has 124 valence electrons. The van der Waals surface area contributed by atoms with Gasteiger partial charge in [0.25, 0.3) is 0 Å². The van der Waals surface area contributed by atoms with Crippen molar-refractivity contribution >= 4 is 0 Å². The van der Waals surface area contributed by atoms with E-state index in [1.807, 2.05) is 0 Å². The summed E-state index contributed by atoms with van der Waals surface area (Å²) < 4.78 is 0. The standard InChI is InChI=1S/C19H24O4/c1-6-13(20)12-10-11(5)17(14(21)7-2)19(16(23)9-4)18(12)15(22)8-3/h6-10,13-16,20-23H,1-4H2,5H3. The van der Waals surface area contributed by atoms with Crippen molar-refractivity contribution in [2.24, 2.45) is 0 Å². The van der Waals surface area contributed by atoms with E-state index in [9.17, 15) is 20.4 Å². The van der Waals surface area contributed by atoms with Gasteiger partial charge in [-0.1, -0.05) is 30.4 Å². The summed E-state index contributed by atoms with van der Waals surface area (Å²) in [5.74, 6) is 0. The molecule has 0 aliphatic carbocycles. The molecule has 0 spiro atoms. The molecule has 0 amide bonds. The van der Waals surface area contributed by atoms with Gasteiger partial charge in [0.2, 0.25) is 0 Å². The first-order valence-electron chi connectivity index (χ1n) is 7.23. The predicted molar refractivity (Wildman–Crippen MR) is 91.8 cm³/mol. The van der Waals surface area contributed by atoms with E-state index in [1.165, 1.54) is 24.3 Å². The zero-order valence-electron chi connectivity index (χ0n) is 13.3. The topological polar surface area (TPSA) is 80.9 Å². The highest BCUT2D eigenvalue weighted by molar-refractivity contribution is 5.52. The SMILES string of the molecule is C=CC(O)c1cc(C)c(C(O)C=C)c(C(O)C=C)c1C(O)C=C. The number of hydrogen-bond donors (Lipinski definition) is 4. The lowest BCUT2D eigenvalue weighted by molar-refractivity contribution is 0.184. The highest BCUT2D eigenvalue weighted by Gasteiger charge is 2.27. The van der Waals surface area contributed by atoms with Gasteiger partial charge in [0.05, 0.1) is 24.4 Å². The molecule has 4 heteroatoms. The molecule has 0 aliphatic rings. The monoisotopic (exact) mass is 316 g/mol.